The minimum absolute atomic E-state index is 0.0512. The number of phenolic OH excluding ortho intramolecular Hbond substituents is 1. The first-order valence-corrected chi connectivity index (χ1v) is 15.6. The van der Waals surface area contributed by atoms with Crippen LogP contribution in [0.1, 0.15) is 22.3 Å². The van der Waals surface area contributed by atoms with Crippen LogP contribution in [0.15, 0.2) is 110 Å². The number of hydrogen-bond donors (Lipinski definition) is 2. The van der Waals surface area contributed by atoms with E-state index in [1.165, 1.54) is 9.91 Å². The first-order valence-electron chi connectivity index (χ1n) is 15.6. The van der Waals surface area contributed by atoms with Gasteiger partial charge in [0.2, 0.25) is 11.8 Å². The molecule has 0 radical (unpaired) electrons. The lowest BCUT2D eigenvalue weighted by molar-refractivity contribution is -0.189. The Morgan fingerprint density at radius 3 is 2.56 bits per heavy atom. The standard InChI is InChI=1S/C37H35N7O4/c1-2-18-42-25-34(46)43-32(20-26-13-15-31(45)16-14-26)36(47)41(24-33(43)44(42)37(48)40-22-27-8-4-3-5-9-27)23-30-12-7-17-39-35(30)29-11-6-10-28(19-29)21-38/h2-17,19,32-33,45H,1,18,20,22-25H2,(H,40,48). The molecule has 48 heavy (non-hydrogen) atoms. The largest absolute Gasteiger partial charge is 0.508 e. The fraction of sp³-hybridized carbons (Fsp3) is 0.216. The van der Waals surface area contributed by atoms with E-state index in [-0.39, 0.29) is 56.7 Å². The van der Waals surface area contributed by atoms with E-state index >= 15 is 0 Å². The van der Waals surface area contributed by atoms with E-state index < -0.39 is 18.2 Å². The van der Waals surface area contributed by atoms with Crippen molar-refractivity contribution in [1.29, 1.82) is 5.26 Å². The first kappa shape index (κ1) is 32.0. The topological polar surface area (TPSA) is 133 Å². The summed E-state index contributed by atoms with van der Waals surface area (Å²) in [6.07, 6.45) is 2.67. The number of fused-ring (bicyclic) bond motifs is 1. The molecule has 2 aliphatic rings. The van der Waals surface area contributed by atoms with Crippen LogP contribution in [-0.2, 0) is 29.1 Å². The monoisotopic (exact) mass is 641 g/mol. The zero-order chi connectivity index (χ0) is 33.6. The van der Waals surface area contributed by atoms with E-state index in [9.17, 15) is 24.8 Å². The number of urea groups is 1. The molecule has 11 nitrogen and oxygen atoms in total. The van der Waals surface area contributed by atoms with Crippen molar-refractivity contribution in [3.63, 3.8) is 0 Å². The van der Waals surface area contributed by atoms with Gasteiger partial charge >= 0.3 is 6.03 Å². The molecule has 242 valence electrons. The van der Waals surface area contributed by atoms with Gasteiger partial charge in [0.15, 0.2) is 0 Å². The number of aromatic hydroxyl groups is 1. The van der Waals surface area contributed by atoms with Crippen LogP contribution in [-0.4, -0.2) is 79.6 Å². The zero-order valence-corrected chi connectivity index (χ0v) is 26.3. The summed E-state index contributed by atoms with van der Waals surface area (Å²) in [6.45, 7) is 4.47. The molecule has 3 aromatic carbocycles. The summed E-state index contributed by atoms with van der Waals surface area (Å²) in [4.78, 5) is 50.1. The van der Waals surface area contributed by atoms with E-state index in [2.05, 4.69) is 22.9 Å². The van der Waals surface area contributed by atoms with Crippen molar-refractivity contribution in [3.8, 4) is 23.1 Å². The molecule has 3 heterocycles. The number of amides is 4. The molecule has 2 N–H and O–H groups in total. The van der Waals surface area contributed by atoms with Crippen molar-refractivity contribution in [2.45, 2.75) is 31.7 Å². The van der Waals surface area contributed by atoms with Crippen LogP contribution in [0, 0.1) is 11.3 Å². The summed E-state index contributed by atoms with van der Waals surface area (Å²) in [7, 11) is 0. The Morgan fingerprint density at radius 1 is 1.02 bits per heavy atom. The molecule has 6 rings (SSSR count). The molecule has 4 amide bonds. The maximum atomic E-state index is 14.4. The number of pyridine rings is 1. The number of carbonyl (C=O) groups excluding carboxylic acids is 3. The lowest BCUT2D eigenvalue weighted by atomic mass is 9.97. The third-order valence-electron chi connectivity index (χ3n) is 8.55. The maximum Gasteiger partial charge on any atom is 0.334 e. The van der Waals surface area contributed by atoms with Gasteiger partial charge in [-0.3, -0.25) is 14.6 Å². The van der Waals surface area contributed by atoms with Crippen molar-refractivity contribution in [2.24, 2.45) is 0 Å². The number of hydrazine groups is 1. The van der Waals surface area contributed by atoms with E-state index in [1.54, 1.807) is 70.7 Å². The van der Waals surface area contributed by atoms with Crippen molar-refractivity contribution in [1.82, 2.24) is 30.1 Å². The second kappa shape index (κ2) is 14.2. The number of rotatable bonds is 9. The lowest BCUT2D eigenvalue weighted by Gasteiger charge is -2.55. The number of phenols is 1. The van der Waals surface area contributed by atoms with Gasteiger partial charge in [0, 0.05) is 37.8 Å². The molecule has 0 saturated carbocycles. The van der Waals surface area contributed by atoms with Crippen LogP contribution in [0.5, 0.6) is 5.75 Å². The molecule has 2 unspecified atom stereocenters. The number of hydrogen-bond acceptors (Lipinski definition) is 7. The van der Waals surface area contributed by atoms with Crippen LogP contribution in [0.2, 0.25) is 0 Å². The third kappa shape index (κ3) is 6.74. The van der Waals surface area contributed by atoms with Crippen LogP contribution >= 0.6 is 0 Å². The average molecular weight is 642 g/mol. The van der Waals surface area contributed by atoms with Gasteiger partial charge in [-0.2, -0.15) is 5.26 Å². The highest BCUT2D eigenvalue weighted by Crippen LogP contribution is 2.31. The second-order valence-corrected chi connectivity index (χ2v) is 11.7. The van der Waals surface area contributed by atoms with Gasteiger partial charge in [0.05, 0.1) is 30.4 Å². The maximum absolute atomic E-state index is 14.4. The first-order chi connectivity index (χ1) is 23.4. The van der Waals surface area contributed by atoms with Gasteiger partial charge in [-0.1, -0.05) is 66.7 Å². The SMILES string of the molecule is C=CCN1CC(=O)N2C(Cc3ccc(O)cc3)C(=O)N(Cc3cccnc3-c3cccc(C#N)c3)CC2N1C(=O)NCc1ccccc1. The van der Waals surface area contributed by atoms with Crippen molar-refractivity contribution in [2.75, 3.05) is 19.6 Å². The second-order valence-electron chi connectivity index (χ2n) is 11.7. The number of benzene rings is 3. The Morgan fingerprint density at radius 2 is 1.81 bits per heavy atom. The molecule has 1 aromatic heterocycles. The molecule has 0 aliphatic carbocycles. The third-order valence-corrected chi connectivity index (χ3v) is 8.55. The Labute approximate surface area is 278 Å². The summed E-state index contributed by atoms with van der Waals surface area (Å²) in [5.41, 5.74) is 4.28. The minimum Gasteiger partial charge on any atom is -0.508 e. The van der Waals surface area contributed by atoms with Gasteiger partial charge in [0.25, 0.3) is 0 Å². The molecule has 2 saturated heterocycles. The van der Waals surface area contributed by atoms with Gasteiger partial charge in [0.1, 0.15) is 18.0 Å². The summed E-state index contributed by atoms with van der Waals surface area (Å²) >= 11 is 0. The Hall–Kier alpha value is -5.99. The predicted octanol–water partition coefficient (Wildman–Crippen LogP) is 4.06. The smallest absolute Gasteiger partial charge is 0.334 e. The highest BCUT2D eigenvalue weighted by Gasteiger charge is 2.51. The molecule has 0 spiro atoms. The van der Waals surface area contributed by atoms with Crippen LogP contribution < -0.4 is 5.32 Å². The molecule has 2 atom stereocenters. The number of nitrogens with one attached hydrogen (secondary N) is 1. The van der Waals surface area contributed by atoms with Crippen molar-refractivity contribution in [3.05, 3.63) is 132 Å². The predicted molar refractivity (Wildman–Crippen MR) is 178 cm³/mol. The van der Waals surface area contributed by atoms with Gasteiger partial charge in [-0.15, -0.1) is 6.58 Å². The quantitative estimate of drug-likeness (QED) is 0.264. The van der Waals surface area contributed by atoms with E-state index in [0.717, 1.165) is 22.3 Å². The number of nitrogens with zero attached hydrogens (tertiary/aromatic N) is 6. The highest BCUT2D eigenvalue weighted by molar-refractivity contribution is 5.92. The normalized spacial score (nSPS) is 17.9. The molecular weight excluding hydrogens is 606 g/mol. The van der Waals surface area contributed by atoms with E-state index in [0.29, 0.717) is 11.3 Å². The molecule has 2 fully saturated rings. The van der Waals surface area contributed by atoms with Crippen LogP contribution in [0.3, 0.4) is 0 Å². The molecule has 4 aromatic rings. The van der Waals surface area contributed by atoms with Crippen molar-refractivity contribution < 1.29 is 19.5 Å². The highest BCUT2D eigenvalue weighted by atomic mass is 16.3. The summed E-state index contributed by atoms with van der Waals surface area (Å²) in [5, 5.41) is 25.6. The summed E-state index contributed by atoms with van der Waals surface area (Å²) in [6, 6.07) is 27.7. The van der Waals surface area contributed by atoms with Gasteiger partial charge < -0.3 is 20.2 Å². The Bertz CT molecular complexity index is 1860. The lowest BCUT2D eigenvalue weighted by Crippen LogP contribution is -2.76. The van der Waals surface area contributed by atoms with E-state index in [1.807, 2.05) is 42.5 Å². The van der Waals surface area contributed by atoms with Gasteiger partial charge in [-0.05, 0) is 47.0 Å². The van der Waals surface area contributed by atoms with Crippen molar-refractivity contribution >= 4 is 17.8 Å². The fourth-order valence-electron chi connectivity index (χ4n) is 6.32. The molecular formula is C37H35N7O4. The molecule has 0 bridgehead atoms. The Kier molecular flexibility index (Phi) is 9.45. The zero-order valence-electron chi connectivity index (χ0n) is 26.3. The van der Waals surface area contributed by atoms with Gasteiger partial charge in [-0.25, -0.2) is 14.8 Å². The van der Waals surface area contributed by atoms with Crippen LogP contribution in [0.25, 0.3) is 11.3 Å². The van der Waals surface area contributed by atoms with Crippen LogP contribution in [0.4, 0.5) is 4.79 Å². The molecule has 11 heteroatoms. The minimum atomic E-state index is -0.918. The van der Waals surface area contributed by atoms with E-state index in [4.69, 9.17) is 0 Å². The fourth-order valence-corrected chi connectivity index (χ4v) is 6.32. The number of carbonyl (C=O) groups is 3. The Balaban J connectivity index is 1.37. The molecule has 2 aliphatic heterocycles. The summed E-state index contributed by atoms with van der Waals surface area (Å²) in [5.74, 6) is -0.454. The number of piperazine rings is 1. The number of aromatic nitrogens is 1. The number of nitriles is 1. The summed E-state index contributed by atoms with van der Waals surface area (Å²) < 4.78 is 0. The average Bonchev–Trinajstić information content (AvgIpc) is 3.10.